The van der Waals surface area contributed by atoms with Gasteiger partial charge in [-0.05, 0) is 37.8 Å². The third-order valence-electron chi connectivity index (χ3n) is 4.36. The smallest absolute Gasteiger partial charge is 0.246 e. The summed E-state index contributed by atoms with van der Waals surface area (Å²) in [5.41, 5.74) is 2.23. The maximum atomic E-state index is 12.4. The SMILES string of the molecule is CCCCn1nc(C)c(/C=C/C(=O)N(C)CC(=O)Nc2ccccc2SC)c1Cl. The number of thioether (sulfide) groups is 1. The molecule has 1 N–H and O–H groups in total. The van der Waals surface area contributed by atoms with Gasteiger partial charge in [-0.25, -0.2) is 0 Å². The molecule has 2 amide bonds. The summed E-state index contributed by atoms with van der Waals surface area (Å²) in [6, 6.07) is 7.55. The van der Waals surface area contributed by atoms with Crippen molar-refractivity contribution in [2.45, 2.75) is 38.1 Å². The van der Waals surface area contributed by atoms with Crippen LogP contribution >= 0.6 is 23.4 Å². The van der Waals surface area contributed by atoms with Gasteiger partial charge in [0.05, 0.1) is 17.9 Å². The number of carbonyl (C=O) groups is 2. The van der Waals surface area contributed by atoms with Crippen LogP contribution in [-0.4, -0.2) is 46.3 Å². The zero-order valence-electron chi connectivity index (χ0n) is 17.2. The van der Waals surface area contributed by atoms with Gasteiger partial charge in [-0.1, -0.05) is 37.1 Å². The lowest BCUT2D eigenvalue weighted by molar-refractivity contribution is -0.129. The van der Waals surface area contributed by atoms with Gasteiger partial charge in [0, 0.05) is 30.1 Å². The van der Waals surface area contributed by atoms with Gasteiger partial charge in [0.25, 0.3) is 0 Å². The van der Waals surface area contributed by atoms with E-state index in [4.69, 9.17) is 11.6 Å². The van der Waals surface area contributed by atoms with Crippen LogP contribution in [-0.2, 0) is 16.1 Å². The molecule has 0 aliphatic heterocycles. The van der Waals surface area contributed by atoms with E-state index in [0.29, 0.717) is 5.15 Å². The highest BCUT2D eigenvalue weighted by molar-refractivity contribution is 7.98. The maximum absolute atomic E-state index is 12.4. The molecular weight excluding hydrogens is 408 g/mol. The van der Waals surface area contributed by atoms with Gasteiger partial charge in [-0.2, -0.15) is 5.10 Å². The number of benzene rings is 1. The van der Waals surface area contributed by atoms with E-state index in [9.17, 15) is 9.59 Å². The molecule has 8 heteroatoms. The van der Waals surface area contributed by atoms with E-state index in [0.717, 1.165) is 41.2 Å². The molecule has 1 heterocycles. The summed E-state index contributed by atoms with van der Waals surface area (Å²) in [4.78, 5) is 27.1. The van der Waals surface area contributed by atoms with Crippen LogP contribution in [0.1, 0.15) is 31.0 Å². The second-order valence-corrected chi connectivity index (χ2v) is 7.85. The quantitative estimate of drug-likeness (QED) is 0.466. The number of amides is 2. The number of nitrogens with zero attached hydrogens (tertiary/aromatic N) is 3. The molecule has 0 saturated heterocycles. The van der Waals surface area contributed by atoms with Gasteiger partial charge in [-0.15, -0.1) is 11.8 Å². The van der Waals surface area contributed by atoms with E-state index in [-0.39, 0.29) is 18.4 Å². The Balaban J connectivity index is 1.98. The largest absolute Gasteiger partial charge is 0.333 e. The van der Waals surface area contributed by atoms with Crippen molar-refractivity contribution < 1.29 is 9.59 Å². The summed E-state index contributed by atoms with van der Waals surface area (Å²) in [5, 5.41) is 7.80. The van der Waals surface area contributed by atoms with Gasteiger partial charge < -0.3 is 10.2 Å². The van der Waals surface area contributed by atoms with E-state index < -0.39 is 0 Å². The molecule has 6 nitrogen and oxygen atoms in total. The molecular formula is C21H27ClN4O2S. The predicted octanol–water partition coefficient (Wildman–Crippen LogP) is 4.48. The average molecular weight is 435 g/mol. The zero-order valence-corrected chi connectivity index (χ0v) is 18.8. The number of likely N-dealkylation sites (N-methyl/N-ethyl adjacent to an activating group) is 1. The van der Waals surface area contributed by atoms with Crippen molar-refractivity contribution in [3.63, 3.8) is 0 Å². The number of para-hydroxylation sites is 1. The molecule has 0 saturated carbocycles. The Morgan fingerprint density at radius 3 is 2.76 bits per heavy atom. The van der Waals surface area contributed by atoms with Crippen molar-refractivity contribution in [2.75, 3.05) is 25.2 Å². The van der Waals surface area contributed by atoms with Crippen molar-refractivity contribution in [1.82, 2.24) is 14.7 Å². The van der Waals surface area contributed by atoms with Crippen LogP contribution in [0.15, 0.2) is 35.2 Å². The first-order valence-electron chi connectivity index (χ1n) is 9.46. The van der Waals surface area contributed by atoms with Crippen molar-refractivity contribution in [3.8, 4) is 0 Å². The third-order valence-corrected chi connectivity index (χ3v) is 5.56. The third kappa shape index (κ3) is 6.37. The molecule has 2 aromatic rings. The summed E-state index contributed by atoms with van der Waals surface area (Å²) in [7, 11) is 1.59. The van der Waals surface area contributed by atoms with Crippen molar-refractivity contribution in [2.24, 2.45) is 0 Å². The fraction of sp³-hybridized carbons (Fsp3) is 0.381. The lowest BCUT2D eigenvalue weighted by atomic mass is 10.2. The Hall–Kier alpha value is -2.25. The van der Waals surface area contributed by atoms with Crippen LogP contribution in [0.25, 0.3) is 6.08 Å². The number of halogens is 1. The van der Waals surface area contributed by atoms with Gasteiger partial charge >= 0.3 is 0 Å². The predicted molar refractivity (Wildman–Crippen MR) is 120 cm³/mol. The topological polar surface area (TPSA) is 67.2 Å². The van der Waals surface area contributed by atoms with Crippen molar-refractivity contribution in [3.05, 3.63) is 46.8 Å². The normalized spacial score (nSPS) is 11.1. The van der Waals surface area contributed by atoms with Crippen LogP contribution in [0.5, 0.6) is 0 Å². The monoisotopic (exact) mass is 434 g/mol. The number of carbonyl (C=O) groups excluding carboxylic acids is 2. The van der Waals surface area contributed by atoms with Gasteiger partial charge in [0.15, 0.2) is 0 Å². The maximum Gasteiger partial charge on any atom is 0.246 e. The Morgan fingerprint density at radius 2 is 2.07 bits per heavy atom. The molecule has 2 rings (SSSR count). The molecule has 0 spiro atoms. The van der Waals surface area contributed by atoms with E-state index >= 15 is 0 Å². The average Bonchev–Trinajstić information content (AvgIpc) is 2.97. The van der Waals surface area contributed by atoms with Gasteiger partial charge in [0.1, 0.15) is 5.15 Å². The highest BCUT2D eigenvalue weighted by atomic mass is 35.5. The second kappa shape index (κ2) is 11.1. The Kier molecular flexibility index (Phi) is 8.79. The lowest BCUT2D eigenvalue weighted by Crippen LogP contribution is -2.33. The second-order valence-electron chi connectivity index (χ2n) is 6.64. The number of unbranched alkanes of at least 4 members (excludes halogenated alkanes) is 1. The minimum Gasteiger partial charge on any atom is -0.333 e. The number of hydrogen-bond acceptors (Lipinski definition) is 4. The zero-order chi connectivity index (χ0) is 21.4. The fourth-order valence-corrected chi connectivity index (χ4v) is 3.60. The lowest BCUT2D eigenvalue weighted by Gasteiger charge is -2.15. The minimum absolute atomic E-state index is 0.0473. The summed E-state index contributed by atoms with van der Waals surface area (Å²) in [6.07, 6.45) is 7.06. The summed E-state index contributed by atoms with van der Waals surface area (Å²) in [5.74, 6) is -0.535. The number of hydrogen-bond donors (Lipinski definition) is 1. The van der Waals surface area contributed by atoms with E-state index in [1.54, 1.807) is 29.6 Å². The number of anilines is 1. The molecule has 0 aliphatic rings. The van der Waals surface area contributed by atoms with Crippen LogP contribution in [0.2, 0.25) is 5.15 Å². The van der Waals surface area contributed by atoms with Gasteiger partial charge in [0.2, 0.25) is 11.8 Å². The van der Waals surface area contributed by atoms with Crippen molar-refractivity contribution in [1.29, 1.82) is 0 Å². The molecule has 0 aliphatic carbocycles. The van der Waals surface area contributed by atoms with E-state index in [1.165, 1.54) is 11.0 Å². The Morgan fingerprint density at radius 1 is 1.34 bits per heavy atom. The first-order valence-corrected chi connectivity index (χ1v) is 11.1. The minimum atomic E-state index is -0.282. The first-order chi connectivity index (χ1) is 13.9. The summed E-state index contributed by atoms with van der Waals surface area (Å²) >= 11 is 7.94. The molecule has 0 radical (unpaired) electrons. The van der Waals surface area contributed by atoms with E-state index in [2.05, 4.69) is 17.3 Å². The molecule has 1 aromatic carbocycles. The van der Waals surface area contributed by atoms with Crippen molar-refractivity contribution >= 4 is 46.9 Å². The Labute approximate surface area is 181 Å². The Bertz CT molecular complexity index is 895. The van der Waals surface area contributed by atoms with E-state index in [1.807, 2.05) is 37.4 Å². The highest BCUT2D eigenvalue weighted by Gasteiger charge is 2.14. The molecule has 29 heavy (non-hydrogen) atoms. The van der Waals surface area contributed by atoms with Crippen LogP contribution in [0, 0.1) is 6.92 Å². The van der Waals surface area contributed by atoms with Crippen LogP contribution in [0.3, 0.4) is 0 Å². The number of nitrogens with one attached hydrogen (secondary N) is 1. The first kappa shape index (κ1) is 23.0. The summed E-state index contributed by atoms with van der Waals surface area (Å²) < 4.78 is 1.75. The number of aryl methyl sites for hydroxylation is 2. The van der Waals surface area contributed by atoms with Gasteiger partial charge in [-0.3, -0.25) is 14.3 Å². The molecule has 156 valence electrons. The standard InChI is InChI=1S/C21H27ClN4O2S/c1-5-6-13-26-21(22)16(15(2)24-26)11-12-20(28)25(3)14-19(27)23-17-9-7-8-10-18(17)29-4/h7-12H,5-6,13-14H2,1-4H3,(H,23,27)/b12-11+. The molecule has 0 bridgehead atoms. The molecule has 0 fully saturated rings. The number of rotatable bonds is 9. The summed E-state index contributed by atoms with van der Waals surface area (Å²) in [6.45, 7) is 4.66. The molecule has 0 unspecified atom stereocenters. The highest BCUT2D eigenvalue weighted by Crippen LogP contribution is 2.24. The molecule has 1 aromatic heterocycles. The number of aromatic nitrogens is 2. The molecule has 0 atom stereocenters. The van der Waals surface area contributed by atoms with Crippen LogP contribution < -0.4 is 5.32 Å². The fourth-order valence-electron chi connectivity index (χ4n) is 2.73. The van der Waals surface area contributed by atoms with Crippen LogP contribution in [0.4, 0.5) is 5.69 Å².